The number of benzene rings is 1. The first-order valence-electron chi connectivity index (χ1n) is 7.30. The van der Waals surface area contributed by atoms with Gasteiger partial charge in [-0.05, 0) is 18.9 Å². The molecular weight excluding hydrogens is 266 g/mol. The first-order valence-corrected chi connectivity index (χ1v) is 7.30. The number of rotatable bonds is 3. The number of urea groups is 1. The van der Waals surface area contributed by atoms with Crippen LogP contribution in [0.1, 0.15) is 24.8 Å². The SMILES string of the molecule is C[C@@H](NC(=O)N1CC[C@H](c2ccccc2)C1)C(=O)N(C)C. The lowest BCUT2D eigenvalue weighted by Gasteiger charge is -2.22. The summed E-state index contributed by atoms with van der Waals surface area (Å²) in [5.41, 5.74) is 1.27. The minimum atomic E-state index is -0.497. The van der Waals surface area contributed by atoms with Gasteiger partial charge in [-0.3, -0.25) is 4.79 Å². The van der Waals surface area contributed by atoms with E-state index < -0.39 is 6.04 Å². The lowest BCUT2D eigenvalue weighted by Crippen LogP contribution is -2.48. The number of likely N-dealkylation sites (tertiary alicyclic amines) is 1. The second kappa shape index (κ2) is 6.61. The number of carbonyl (C=O) groups excluding carboxylic acids is 2. The second-order valence-electron chi connectivity index (χ2n) is 5.75. The van der Waals surface area contributed by atoms with E-state index in [1.54, 1.807) is 25.9 Å². The van der Waals surface area contributed by atoms with Crippen molar-refractivity contribution in [1.82, 2.24) is 15.1 Å². The molecule has 2 rings (SSSR count). The summed E-state index contributed by atoms with van der Waals surface area (Å²) >= 11 is 0. The minimum Gasteiger partial charge on any atom is -0.347 e. The molecule has 114 valence electrons. The van der Waals surface area contributed by atoms with Crippen LogP contribution in [0, 0.1) is 0 Å². The number of amides is 3. The predicted octanol–water partition coefficient (Wildman–Crippen LogP) is 1.66. The smallest absolute Gasteiger partial charge is 0.318 e. The first kappa shape index (κ1) is 15.4. The van der Waals surface area contributed by atoms with Crippen molar-refractivity contribution in [3.05, 3.63) is 35.9 Å². The Hall–Kier alpha value is -2.04. The van der Waals surface area contributed by atoms with Crippen LogP contribution in [0.2, 0.25) is 0 Å². The summed E-state index contributed by atoms with van der Waals surface area (Å²) in [6.07, 6.45) is 0.966. The van der Waals surface area contributed by atoms with Crippen molar-refractivity contribution in [3.63, 3.8) is 0 Å². The van der Waals surface area contributed by atoms with E-state index in [4.69, 9.17) is 0 Å². The number of hydrogen-bond donors (Lipinski definition) is 1. The van der Waals surface area contributed by atoms with Gasteiger partial charge < -0.3 is 15.1 Å². The van der Waals surface area contributed by atoms with Crippen molar-refractivity contribution < 1.29 is 9.59 Å². The fraction of sp³-hybridized carbons (Fsp3) is 0.500. The lowest BCUT2D eigenvalue weighted by atomic mass is 9.99. The van der Waals surface area contributed by atoms with E-state index in [1.165, 1.54) is 10.5 Å². The molecule has 1 aromatic rings. The second-order valence-corrected chi connectivity index (χ2v) is 5.75. The molecule has 0 radical (unpaired) electrons. The maximum Gasteiger partial charge on any atom is 0.318 e. The van der Waals surface area contributed by atoms with E-state index in [0.717, 1.165) is 13.0 Å². The Labute approximate surface area is 125 Å². The Morgan fingerprint density at radius 1 is 1.29 bits per heavy atom. The Kier molecular flexibility index (Phi) is 4.83. The largest absolute Gasteiger partial charge is 0.347 e. The van der Waals surface area contributed by atoms with Crippen molar-refractivity contribution in [1.29, 1.82) is 0 Å². The van der Waals surface area contributed by atoms with Crippen molar-refractivity contribution >= 4 is 11.9 Å². The molecule has 0 spiro atoms. The van der Waals surface area contributed by atoms with Crippen LogP contribution in [0.5, 0.6) is 0 Å². The van der Waals surface area contributed by atoms with Crippen molar-refractivity contribution in [3.8, 4) is 0 Å². The van der Waals surface area contributed by atoms with E-state index >= 15 is 0 Å². The van der Waals surface area contributed by atoms with Crippen molar-refractivity contribution in [2.75, 3.05) is 27.2 Å². The van der Waals surface area contributed by atoms with Gasteiger partial charge in [0.1, 0.15) is 6.04 Å². The number of nitrogens with zero attached hydrogens (tertiary/aromatic N) is 2. The third kappa shape index (κ3) is 3.74. The Morgan fingerprint density at radius 3 is 2.57 bits per heavy atom. The quantitative estimate of drug-likeness (QED) is 0.920. The van der Waals surface area contributed by atoms with E-state index in [1.807, 2.05) is 18.2 Å². The molecule has 1 aromatic carbocycles. The molecule has 1 N–H and O–H groups in total. The van der Waals surface area contributed by atoms with Crippen LogP contribution < -0.4 is 5.32 Å². The molecule has 5 heteroatoms. The normalized spacial score (nSPS) is 19.2. The first-order chi connectivity index (χ1) is 9.99. The van der Waals surface area contributed by atoms with Crippen molar-refractivity contribution in [2.45, 2.75) is 25.3 Å². The van der Waals surface area contributed by atoms with Crippen LogP contribution in [0.25, 0.3) is 0 Å². The highest BCUT2D eigenvalue weighted by molar-refractivity contribution is 5.86. The average molecular weight is 289 g/mol. The third-order valence-corrected chi connectivity index (χ3v) is 3.90. The van der Waals surface area contributed by atoms with Gasteiger partial charge in [0.2, 0.25) is 5.91 Å². The zero-order valence-electron chi connectivity index (χ0n) is 12.9. The molecule has 5 nitrogen and oxygen atoms in total. The van der Waals surface area contributed by atoms with Crippen LogP contribution in [-0.2, 0) is 4.79 Å². The number of carbonyl (C=O) groups is 2. The molecule has 21 heavy (non-hydrogen) atoms. The van der Waals surface area contributed by atoms with Gasteiger partial charge in [-0.1, -0.05) is 30.3 Å². The molecule has 0 aromatic heterocycles. The Morgan fingerprint density at radius 2 is 1.95 bits per heavy atom. The molecule has 2 atom stereocenters. The van der Waals surface area contributed by atoms with E-state index in [2.05, 4.69) is 17.4 Å². The Balaban J connectivity index is 1.89. The fourth-order valence-corrected chi connectivity index (χ4v) is 2.67. The molecule has 0 unspecified atom stereocenters. The lowest BCUT2D eigenvalue weighted by molar-refractivity contribution is -0.130. The summed E-state index contributed by atoms with van der Waals surface area (Å²) in [7, 11) is 3.37. The molecule has 0 bridgehead atoms. The number of hydrogen-bond acceptors (Lipinski definition) is 2. The van der Waals surface area contributed by atoms with E-state index in [0.29, 0.717) is 12.5 Å². The summed E-state index contributed by atoms with van der Waals surface area (Å²) in [6, 6.07) is 9.59. The van der Waals surface area contributed by atoms with Gasteiger partial charge in [-0.2, -0.15) is 0 Å². The standard InChI is InChI=1S/C16H23N3O2/c1-12(15(20)18(2)3)17-16(21)19-10-9-14(11-19)13-7-5-4-6-8-13/h4-8,12,14H,9-11H2,1-3H3,(H,17,21)/t12-,14+/m1/s1. The topological polar surface area (TPSA) is 52.7 Å². The highest BCUT2D eigenvalue weighted by atomic mass is 16.2. The molecule has 3 amide bonds. The molecular formula is C16H23N3O2. The molecule has 0 aliphatic carbocycles. The summed E-state index contributed by atoms with van der Waals surface area (Å²) in [5.74, 6) is 0.291. The zero-order valence-corrected chi connectivity index (χ0v) is 12.9. The maximum atomic E-state index is 12.2. The summed E-state index contributed by atoms with van der Waals surface area (Å²) < 4.78 is 0. The van der Waals surface area contributed by atoms with Gasteiger partial charge in [0.25, 0.3) is 0 Å². The van der Waals surface area contributed by atoms with Gasteiger partial charge >= 0.3 is 6.03 Å². The highest BCUT2D eigenvalue weighted by Gasteiger charge is 2.28. The van der Waals surface area contributed by atoms with Crippen LogP contribution in [0.3, 0.4) is 0 Å². The zero-order chi connectivity index (χ0) is 15.4. The number of likely N-dealkylation sites (N-methyl/N-ethyl adjacent to an activating group) is 1. The monoisotopic (exact) mass is 289 g/mol. The van der Waals surface area contributed by atoms with Gasteiger partial charge in [0.05, 0.1) is 0 Å². The van der Waals surface area contributed by atoms with Gasteiger partial charge in [-0.15, -0.1) is 0 Å². The van der Waals surface area contributed by atoms with Crippen LogP contribution >= 0.6 is 0 Å². The molecule has 1 saturated heterocycles. The fourth-order valence-electron chi connectivity index (χ4n) is 2.67. The average Bonchev–Trinajstić information content (AvgIpc) is 2.97. The molecule has 0 saturated carbocycles. The van der Waals surface area contributed by atoms with Crippen molar-refractivity contribution in [2.24, 2.45) is 0 Å². The highest BCUT2D eigenvalue weighted by Crippen LogP contribution is 2.26. The van der Waals surface area contributed by atoms with Crippen LogP contribution in [0.15, 0.2) is 30.3 Å². The number of nitrogens with one attached hydrogen (secondary N) is 1. The minimum absolute atomic E-state index is 0.0952. The Bertz CT molecular complexity index is 502. The van der Waals surface area contributed by atoms with E-state index in [9.17, 15) is 9.59 Å². The molecule has 1 aliphatic rings. The molecule has 1 heterocycles. The summed E-state index contributed by atoms with van der Waals surface area (Å²) in [6.45, 7) is 3.15. The van der Waals surface area contributed by atoms with Crippen LogP contribution in [-0.4, -0.2) is 55.0 Å². The molecule has 1 fully saturated rings. The summed E-state index contributed by atoms with van der Waals surface area (Å²) in [4.78, 5) is 27.3. The predicted molar refractivity (Wildman–Crippen MR) is 82.1 cm³/mol. The maximum absolute atomic E-state index is 12.2. The third-order valence-electron chi connectivity index (χ3n) is 3.90. The van der Waals surface area contributed by atoms with Gasteiger partial charge in [0.15, 0.2) is 0 Å². The van der Waals surface area contributed by atoms with E-state index in [-0.39, 0.29) is 11.9 Å². The van der Waals surface area contributed by atoms with Gasteiger partial charge in [-0.25, -0.2) is 4.79 Å². The van der Waals surface area contributed by atoms with Gasteiger partial charge in [0, 0.05) is 33.1 Å². The molecule has 1 aliphatic heterocycles. The summed E-state index contributed by atoms with van der Waals surface area (Å²) in [5, 5.41) is 2.77. The van der Waals surface area contributed by atoms with Crippen LogP contribution in [0.4, 0.5) is 4.79 Å².